The highest BCUT2D eigenvalue weighted by molar-refractivity contribution is 5.55. The van der Waals surface area contributed by atoms with Gasteiger partial charge in [0.15, 0.2) is 11.5 Å². The molecule has 0 fully saturated rings. The molecule has 0 aliphatic heterocycles. The van der Waals surface area contributed by atoms with Crippen molar-refractivity contribution in [3.05, 3.63) is 29.8 Å². The van der Waals surface area contributed by atoms with E-state index in [-0.39, 0.29) is 0 Å². The normalized spacial score (nSPS) is 10.6. The van der Waals surface area contributed by atoms with Gasteiger partial charge in [-0.25, -0.2) is 0 Å². The molecule has 1 aromatic rings. The van der Waals surface area contributed by atoms with Gasteiger partial charge in [-0.1, -0.05) is 18.2 Å². The first-order valence-corrected chi connectivity index (χ1v) is 4.99. The summed E-state index contributed by atoms with van der Waals surface area (Å²) in [5, 5.41) is 0. The maximum Gasteiger partial charge on any atom is 0.161 e. The highest BCUT2D eigenvalue weighted by atomic mass is 16.5. The molecule has 0 radical (unpaired) electrons. The first-order valence-electron chi connectivity index (χ1n) is 4.99. The molecule has 0 amide bonds. The van der Waals surface area contributed by atoms with Gasteiger partial charge >= 0.3 is 0 Å². The van der Waals surface area contributed by atoms with Crippen LogP contribution >= 0.6 is 0 Å². The predicted molar refractivity (Wildman–Crippen MR) is 62.3 cm³/mol. The van der Waals surface area contributed by atoms with Gasteiger partial charge in [0.05, 0.1) is 13.7 Å². The average molecular weight is 207 g/mol. The second kappa shape index (κ2) is 6.09. The maximum atomic E-state index is 5.46. The summed E-state index contributed by atoms with van der Waals surface area (Å²) in [6, 6.07) is 5.79. The second-order valence-corrected chi connectivity index (χ2v) is 2.98. The number of benzene rings is 1. The summed E-state index contributed by atoms with van der Waals surface area (Å²) in [6.07, 6.45) is 3.86. The van der Waals surface area contributed by atoms with Gasteiger partial charge in [0, 0.05) is 6.54 Å². The lowest BCUT2D eigenvalue weighted by Crippen LogP contribution is -1.96. The molecule has 2 N–H and O–H groups in total. The van der Waals surface area contributed by atoms with Gasteiger partial charge in [0.2, 0.25) is 0 Å². The molecule has 3 nitrogen and oxygen atoms in total. The Morgan fingerprint density at radius 1 is 1.33 bits per heavy atom. The molecule has 82 valence electrons. The first kappa shape index (κ1) is 11.6. The molecule has 0 bridgehead atoms. The van der Waals surface area contributed by atoms with Gasteiger partial charge in [-0.05, 0) is 24.6 Å². The van der Waals surface area contributed by atoms with Crippen molar-refractivity contribution in [2.24, 2.45) is 5.73 Å². The van der Waals surface area contributed by atoms with E-state index >= 15 is 0 Å². The highest BCUT2D eigenvalue weighted by Gasteiger charge is 2.03. The van der Waals surface area contributed by atoms with Crippen molar-refractivity contribution in [2.45, 2.75) is 6.92 Å². The molecule has 0 heterocycles. The first-order chi connectivity index (χ1) is 7.31. The van der Waals surface area contributed by atoms with Crippen LogP contribution in [0.5, 0.6) is 11.5 Å². The topological polar surface area (TPSA) is 44.5 Å². The van der Waals surface area contributed by atoms with Crippen LogP contribution in [-0.4, -0.2) is 20.3 Å². The van der Waals surface area contributed by atoms with Crippen LogP contribution in [-0.2, 0) is 0 Å². The summed E-state index contributed by atoms with van der Waals surface area (Å²) in [5.41, 5.74) is 6.45. The van der Waals surface area contributed by atoms with E-state index in [0.717, 1.165) is 17.1 Å². The van der Waals surface area contributed by atoms with Gasteiger partial charge in [0.1, 0.15) is 0 Å². The standard InChI is InChI=1S/C12H17NO2/c1-3-15-12-9-10(5-4-8-13)6-7-11(12)14-2/h4-7,9H,3,8,13H2,1-2H3/b5-4+. The lowest BCUT2D eigenvalue weighted by atomic mass is 10.2. The van der Waals surface area contributed by atoms with Crippen molar-refractivity contribution in [3.63, 3.8) is 0 Å². The summed E-state index contributed by atoms with van der Waals surface area (Å²) in [5.74, 6) is 1.51. The Balaban J connectivity index is 2.93. The molecule has 0 aliphatic carbocycles. The Hall–Kier alpha value is -1.48. The van der Waals surface area contributed by atoms with E-state index in [2.05, 4.69) is 0 Å². The molecule has 0 spiro atoms. The SMILES string of the molecule is CCOc1cc(/C=C/CN)ccc1OC. The molecule has 0 saturated heterocycles. The van der Waals surface area contributed by atoms with Crippen molar-refractivity contribution < 1.29 is 9.47 Å². The maximum absolute atomic E-state index is 5.46. The minimum Gasteiger partial charge on any atom is -0.493 e. The lowest BCUT2D eigenvalue weighted by molar-refractivity contribution is 0.311. The Bertz CT molecular complexity index is 334. The Kier molecular flexibility index (Phi) is 4.71. The van der Waals surface area contributed by atoms with Gasteiger partial charge < -0.3 is 15.2 Å². The zero-order valence-corrected chi connectivity index (χ0v) is 9.19. The van der Waals surface area contributed by atoms with Crippen molar-refractivity contribution >= 4 is 6.08 Å². The summed E-state index contributed by atoms with van der Waals surface area (Å²) in [7, 11) is 1.63. The Labute approximate surface area is 90.5 Å². The van der Waals surface area contributed by atoms with E-state index in [4.69, 9.17) is 15.2 Å². The molecular weight excluding hydrogens is 190 g/mol. The molecule has 0 saturated carbocycles. The van der Waals surface area contributed by atoms with E-state index < -0.39 is 0 Å². The highest BCUT2D eigenvalue weighted by Crippen LogP contribution is 2.28. The summed E-state index contributed by atoms with van der Waals surface area (Å²) >= 11 is 0. The van der Waals surface area contributed by atoms with E-state index in [1.165, 1.54) is 0 Å². The van der Waals surface area contributed by atoms with E-state index in [1.54, 1.807) is 7.11 Å². The average Bonchev–Trinajstić information content (AvgIpc) is 2.27. The van der Waals surface area contributed by atoms with Gasteiger partial charge in [-0.3, -0.25) is 0 Å². The zero-order valence-electron chi connectivity index (χ0n) is 9.19. The third-order valence-corrected chi connectivity index (χ3v) is 1.93. The van der Waals surface area contributed by atoms with Crippen LogP contribution < -0.4 is 15.2 Å². The largest absolute Gasteiger partial charge is 0.493 e. The second-order valence-electron chi connectivity index (χ2n) is 2.98. The fourth-order valence-corrected chi connectivity index (χ4v) is 1.27. The number of nitrogens with two attached hydrogens (primary N) is 1. The van der Waals surface area contributed by atoms with E-state index in [9.17, 15) is 0 Å². The van der Waals surface area contributed by atoms with Gasteiger partial charge in [0.25, 0.3) is 0 Å². The van der Waals surface area contributed by atoms with Crippen LogP contribution in [0.4, 0.5) is 0 Å². The smallest absolute Gasteiger partial charge is 0.161 e. The van der Waals surface area contributed by atoms with Crippen LogP contribution in [0.2, 0.25) is 0 Å². The summed E-state index contributed by atoms with van der Waals surface area (Å²) in [4.78, 5) is 0. The monoisotopic (exact) mass is 207 g/mol. The third-order valence-electron chi connectivity index (χ3n) is 1.93. The molecule has 1 rings (SSSR count). The minimum absolute atomic E-state index is 0.538. The van der Waals surface area contributed by atoms with Crippen LogP contribution in [0.15, 0.2) is 24.3 Å². The van der Waals surface area contributed by atoms with Crippen molar-refractivity contribution in [1.29, 1.82) is 0 Å². The number of hydrogen-bond donors (Lipinski definition) is 1. The predicted octanol–water partition coefficient (Wildman–Crippen LogP) is 2.07. The van der Waals surface area contributed by atoms with Crippen molar-refractivity contribution in [3.8, 4) is 11.5 Å². The lowest BCUT2D eigenvalue weighted by Gasteiger charge is -2.09. The van der Waals surface area contributed by atoms with Gasteiger partial charge in [-0.2, -0.15) is 0 Å². The molecule has 1 aromatic carbocycles. The van der Waals surface area contributed by atoms with Gasteiger partial charge in [-0.15, -0.1) is 0 Å². The number of methoxy groups -OCH3 is 1. The molecule has 0 atom stereocenters. The number of rotatable bonds is 5. The molecular formula is C12H17NO2. The fraction of sp³-hybridized carbons (Fsp3) is 0.333. The molecule has 0 aromatic heterocycles. The third kappa shape index (κ3) is 3.29. The zero-order chi connectivity index (χ0) is 11.1. The summed E-state index contributed by atoms with van der Waals surface area (Å²) in [6.45, 7) is 3.11. The van der Waals surface area contributed by atoms with E-state index in [0.29, 0.717) is 13.2 Å². The molecule has 15 heavy (non-hydrogen) atoms. The molecule has 3 heteroatoms. The number of hydrogen-bond acceptors (Lipinski definition) is 3. The van der Waals surface area contributed by atoms with Crippen LogP contribution in [0.3, 0.4) is 0 Å². The Morgan fingerprint density at radius 2 is 2.13 bits per heavy atom. The summed E-state index contributed by atoms with van der Waals surface area (Å²) < 4.78 is 10.6. The minimum atomic E-state index is 0.538. The van der Waals surface area contributed by atoms with Crippen molar-refractivity contribution in [2.75, 3.05) is 20.3 Å². The fourth-order valence-electron chi connectivity index (χ4n) is 1.27. The quantitative estimate of drug-likeness (QED) is 0.803. The molecule has 0 aliphatic rings. The molecule has 0 unspecified atom stereocenters. The Morgan fingerprint density at radius 3 is 2.73 bits per heavy atom. The van der Waals surface area contributed by atoms with Crippen LogP contribution in [0.25, 0.3) is 6.08 Å². The van der Waals surface area contributed by atoms with Crippen LogP contribution in [0.1, 0.15) is 12.5 Å². The van der Waals surface area contributed by atoms with Crippen molar-refractivity contribution in [1.82, 2.24) is 0 Å². The van der Waals surface area contributed by atoms with Crippen LogP contribution in [0, 0.1) is 0 Å². The number of ether oxygens (including phenoxy) is 2. The van der Waals surface area contributed by atoms with E-state index in [1.807, 2.05) is 37.3 Å².